The van der Waals surface area contributed by atoms with Gasteiger partial charge in [-0.05, 0) is 50.3 Å². The normalized spacial score (nSPS) is 12.2. The van der Waals surface area contributed by atoms with Gasteiger partial charge in [-0.1, -0.05) is 19.9 Å². The Morgan fingerprint density at radius 1 is 1.21 bits per heavy atom. The number of carbonyl (C=O) groups excluding carboxylic acids is 2. The zero-order chi connectivity index (χ0) is 28.7. The van der Waals surface area contributed by atoms with Gasteiger partial charge in [0.15, 0.2) is 5.65 Å². The second kappa shape index (κ2) is 12.8. The molecule has 13 nitrogen and oxygen atoms in total. The van der Waals surface area contributed by atoms with Gasteiger partial charge in [0.1, 0.15) is 28.9 Å². The molecule has 0 spiro atoms. The van der Waals surface area contributed by atoms with Crippen LogP contribution < -0.4 is 16.2 Å². The second-order valence-electron chi connectivity index (χ2n) is 9.75. The Morgan fingerprint density at radius 2 is 1.95 bits per heavy atom. The Labute approximate surface area is 225 Å². The Bertz CT molecular complexity index is 1440. The molecule has 3 aromatic heterocycles. The predicted molar refractivity (Wildman–Crippen MR) is 145 cm³/mol. The average Bonchev–Trinajstić information content (AvgIpc) is 3.25. The van der Waals surface area contributed by atoms with Crippen molar-refractivity contribution < 1.29 is 19.5 Å². The first-order valence-electron chi connectivity index (χ1n) is 12.5. The number of rotatable bonds is 11. The molecule has 3 heterocycles. The van der Waals surface area contributed by atoms with E-state index in [0.29, 0.717) is 28.7 Å². The van der Waals surface area contributed by atoms with Gasteiger partial charge in [-0.25, -0.2) is 19.7 Å². The number of fused-ring (bicyclic) bond motifs is 1. The number of allylic oxidation sites excluding steroid dienone is 1. The van der Waals surface area contributed by atoms with Gasteiger partial charge in [0.25, 0.3) is 5.56 Å². The van der Waals surface area contributed by atoms with Crippen molar-refractivity contribution in [2.45, 2.75) is 52.6 Å². The van der Waals surface area contributed by atoms with E-state index in [-0.39, 0.29) is 31.0 Å². The number of imidazole rings is 1. The van der Waals surface area contributed by atoms with Gasteiger partial charge >= 0.3 is 6.09 Å². The molecule has 39 heavy (non-hydrogen) atoms. The number of anilines is 1. The fourth-order valence-corrected chi connectivity index (χ4v) is 3.88. The summed E-state index contributed by atoms with van der Waals surface area (Å²) in [5.74, 6) is 0.591. The van der Waals surface area contributed by atoms with Crippen molar-refractivity contribution in [2.75, 3.05) is 19.4 Å². The van der Waals surface area contributed by atoms with Crippen LogP contribution in [-0.4, -0.2) is 72.6 Å². The van der Waals surface area contributed by atoms with Gasteiger partial charge < -0.3 is 30.2 Å². The van der Waals surface area contributed by atoms with E-state index in [1.54, 1.807) is 32.4 Å². The molecule has 1 atom stereocenters. The molecule has 4 N–H and O–H groups in total. The highest BCUT2D eigenvalue weighted by atomic mass is 16.4. The molecule has 0 fully saturated rings. The molecule has 0 aliphatic carbocycles. The summed E-state index contributed by atoms with van der Waals surface area (Å²) in [6.45, 7) is 6.10. The molecule has 1 unspecified atom stereocenters. The third-order valence-corrected chi connectivity index (χ3v) is 5.71. The summed E-state index contributed by atoms with van der Waals surface area (Å²) in [7, 11) is 3.21. The van der Waals surface area contributed by atoms with Gasteiger partial charge in [0, 0.05) is 20.3 Å². The molecule has 208 valence electrons. The Morgan fingerprint density at radius 3 is 2.62 bits per heavy atom. The average molecular weight is 539 g/mol. The number of hydrogen-bond acceptors (Lipinski definition) is 7. The maximum Gasteiger partial charge on any atom is 0.405 e. The van der Waals surface area contributed by atoms with Crippen LogP contribution in [0.2, 0.25) is 0 Å². The number of carbonyl (C=O) groups is 3. The molecule has 3 amide bonds. The van der Waals surface area contributed by atoms with Crippen LogP contribution in [0.4, 0.5) is 10.5 Å². The van der Waals surface area contributed by atoms with Crippen LogP contribution in [0.25, 0.3) is 11.2 Å². The first kappa shape index (κ1) is 29.0. The van der Waals surface area contributed by atoms with E-state index >= 15 is 0 Å². The number of nitrogens with one attached hydrogen (secondary N) is 3. The van der Waals surface area contributed by atoms with Crippen molar-refractivity contribution in [1.29, 1.82) is 0 Å². The summed E-state index contributed by atoms with van der Waals surface area (Å²) in [6, 6.07) is 1.91. The summed E-state index contributed by atoms with van der Waals surface area (Å²) in [4.78, 5) is 67.0. The highest BCUT2D eigenvalue weighted by Crippen LogP contribution is 2.17. The molecule has 0 aliphatic rings. The molecule has 0 saturated heterocycles. The molecule has 0 radical (unpaired) electrons. The van der Waals surface area contributed by atoms with E-state index in [9.17, 15) is 19.2 Å². The SMILES string of the molecule is Cc1nc(CC(C)C)c2nc(Cn3cccc(NC(=O)C(CC/C=C/C(=O)N(C)C)NC(=O)O)c3=O)[nH]c2n1. The molecule has 13 heteroatoms. The minimum absolute atomic E-state index is 0.00902. The lowest BCUT2D eigenvalue weighted by Gasteiger charge is -2.16. The number of hydrogen-bond donors (Lipinski definition) is 4. The van der Waals surface area contributed by atoms with Crippen molar-refractivity contribution in [3.63, 3.8) is 0 Å². The van der Waals surface area contributed by atoms with Crippen LogP contribution in [0.3, 0.4) is 0 Å². The number of aromatic amines is 1. The summed E-state index contributed by atoms with van der Waals surface area (Å²) >= 11 is 0. The van der Waals surface area contributed by atoms with Gasteiger partial charge in [-0.15, -0.1) is 0 Å². The lowest BCUT2D eigenvalue weighted by Crippen LogP contribution is -2.44. The highest BCUT2D eigenvalue weighted by Gasteiger charge is 2.21. The Hall–Kier alpha value is -4.55. The first-order valence-corrected chi connectivity index (χ1v) is 12.5. The summed E-state index contributed by atoms with van der Waals surface area (Å²) < 4.78 is 1.38. The zero-order valence-electron chi connectivity index (χ0n) is 22.7. The number of aryl methyl sites for hydroxylation is 1. The van der Waals surface area contributed by atoms with Crippen LogP contribution in [0.1, 0.15) is 44.0 Å². The molecule has 3 aromatic rings. The van der Waals surface area contributed by atoms with Crippen LogP contribution in [0, 0.1) is 12.8 Å². The topological polar surface area (TPSA) is 175 Å². The molecule has 3 rings (SSSR count). The molecule has 0 bridgehead atoms. The van der Waals surface area contributed by atoms with Crippen molar-refractivity contribution in [2.24, 2.45) is 5.92 Å². The summed E-state index contributed by atoms with van der Waals surface area (Å²) in [5, 5.41) is 13.9. The van der Waals surface area contributed by atoms with Crippen LogP contribution in [-0.2, 0) is 22.6 Å². The van der Waals surface area contributed by atoms with E-state index in [2.05, 4.69) is 44.4 Å². The minimum atomic E-state index is -1.38. The summed E-state index contributed by atoms with van der Waals surface area (Å²) in [5.41, 5.74) is 1.59. The maximum absolute atomic E-state index is 13.1. The zero-order valence-corrected chi connectivity index (χ0v) is 22.7. The number of amides is 3. The third-order valence-electron chi connectivity index (χ3n) is 5.71. The number of carboxylic acid groups (broad SMARTS) is 1. The smallest absolute Gasteiger partial charge is 0.405 e. The van der Waals surface area contributed by atoms with E-state index in [4.69, 9.17) is 5.11 Å². The lowest BCUT2D eigenvalue weighted by atomic mass is 10.1. The van der Waals surface area contributed by atoms with Gasteiger partial charge in [0.05, 0.1) is 12.2 Å². The molecular formula is C26H34N8O5. The van der Waals surface area contributed by atoms with Crippen LogP contribution in [0.15, 0.2) is 35.3 Å². The quantitative estimate of drug-likeness (QED) is 0.268. The molecule has 0 aliphatic heterocycles. The van der Waals surface area contributed by atoms with Gasteiger partial charge in [-0.3, -0.25) is 14.4 Å². The van der Waals surface area contributed by atoms with Crippen molar-refractivity contribution in [3.8, 4) is 0 Å². The lowest BCUT2D eigenvalue weighted by molar-refractivity contribution is -0.123. The number of likely N-dealkylation sites (N-methyl/N-ethyl adjacent to an activating group) is 1. The van der Waals surface area contributed by atoms with E-state index in [1.165, 1.54) is 21.6 Å². The molecule has 0 saturated carbocycles. The van der Waals surface area contributed by atoms with Crippen molar-refractivity contribution >= 4 is 34.8 Å². The summed E-state index contributed by atoms with van der Waals surface area (Å²) in [6.07, 6.45) is 4.19. The van der Waals surface area contributed by atoms with Crippen LogP contribution in [0.5, 0.6) is 0 Å². The number of H-pyrrole nitrogens is 1. The second-order valence-corrected chi connectivity index (χ2v) is 9.75. The molecular weight excluding hydrogens is 504 g/mol. The van der Waals surface area contributed by atoms with E-state index in [0.717, 1.165) is 12.1 Å². The minimum Gasteiger partial charge on any atom is -0.465 e. The fourth-order valence-electron chi connectivity index (χ4n) is 3.88. The highest BCUT2D eigenvalue weighted by molar-refractivity contribution is 5.96. The first-order chi connectivity index (χ1) is 18.4. The van der Waals surface area contributed by atoms with E-state index in [1.807, 2.05) is 6.92 Å². The number of pyridine rings is 1. The molecule has 0 aromatic carbocycles. The van der Waals surface area contributed by atoms with Gasteiger partial charge in [-0.2, -0.15) is 0 Å². The predicted octanol–water partition coefficient (Wildman–Crippen LogP) is 2.07. The largest absolute Gasteiger partial charge is 0.465 e. The van der Waals surface area contributed by atoms with E-state index < -0.39 is 23.6 Å². The van der Waals surface area contributed by atoms with Crippen molar-refractivity contribution in [3.05, 3.63) is 58.2 Å². The Balaban J connectivity index is 1.77. The number of aromatic nitrogens is 5. The van der Waals surface area contributed by atoms with Gasteiger partial charge in [0.2, 0.25) is 11.8 Å². The Kier molecular flexibility index (Phi) is 9.52. The third kappa shape index (κ3) is 7.97. The maximum atomic E-state index is 13.1. The fraction of sp³-hybridized carbons (Fsp3) is 0.423. The van der Waals surface area contributed by atoms with Crippen LogP contribution >= 0.6 is 0 Å². The number of nitrogens with zero attached hydrogens (tertiary/aromatic N) is 5. The monoisotopic (exact) mass is 538 g/mol. The van der Waals surface area contributed by atoms with Crippen molar-refractivity contribution in [1.82, 2.24) is 34.7 Å². The standard InChI is InChI=1S/C26H34N8O5/c1-15(2)13-19-22-23(28-16(3)27-19)32-20(31-22)14-34-12-8-10-18(25(34)37)29-24(36)17(30-26(38)39)9-6-7-11-21(35)33(4)5/h7-8,10-12,15,17,30H,6,9,13-14H2,1-5H3,(H,29,36)(H,38,39)(H,27,28,31,32)/b11-7+.